The molecular weight excluding hydrogens is 300 g/mol. The van der Waals surface area contributed by atoms with Crippen molar-refractivity contribution in [2.24, 2.45) is 0 Å². The van der Waals surface area contributed by atoms with Gasteiger partial charge in [0.05, 0.1) is 0 Å². The number of para-hydroxylation sites is 2. The van der Waals surface area contributed by atoms with Crippen LogP contribution in [0.2, 0.25) is 39.3 Å². The Morgan fingerprint density at radius 2 is 0.773 bits per heavy atom. The highest BCUT2D eigenvalue weighted by Gasteiger charge is 2.36. The number of benzene rings is 2. The molecule has 0 bridgehead atoms. The largest absolute Gasteiger partial charge is 0.322 e. The highest BCUT2D eigenvalue weighted by Crippen LogP contribution is 2.32. The van der Waals surface area contributed by atoms with E-state index in [4.69, 9.17) is 0 Å². The van der Waals surface area contributed by atoms with Gasteiger partial charge in [-0.1, -0.05) is 36.4 Å². The van der Waals surface area contributed by atoms with Crippen LogP contribution in [0.15, 0.2) is 60.7 Å². The van der Waals surface area contributed by atoms with E-state index in [-0.39, 0.29) is 0 Å². The maximum atomic E-state index is 2.59. The lowest BCUT2D eigenvalue weighted by atomic mass is 10.3. The third kappa shape index (κ3) is 3.81. The molecule has 0 heterocycles. The van der Waals surface area contributed by atoms with Gasteiger partial charge in [0.15, 0.2) is 16.5 Å². The Kier molecular flexibility index (Phi) is 4.82. The summed E-state index contributed by atoms with van der Waals surface area (Å²) in [5.74, 6) is 0. The summed E-state index contributed by atoms with van der Waals surface area (Å²) in [6.07, 6.45) is 0. The summed E-state index contributed by atoms with van der Waals surface area (Å²) in [5, 5.41) is 0. The predicted molar refractivity (Wildman–Crippen MR) is 105 cm³/mol. The average molecular weight is 329 g/mol. The minimum absolute atomic E-state index is 1.30. The number of hydrogen-bond donors (Lipinski definition) is 0. The zero-order valence-corrected chi connectivity index (χ0v) is 16.7. The molecule has 118 valence electrons. The van der Waals surface area contributed by atoms with Crippen LogP contribution in [0, 0.1) is 0 Å². The molecule has 0 fully saturated rings. The zero-order valence-electron chi connectivity index (χ0n) is 14.7. The van der Waals surface area contributed by atoms with E-state index < -0.39 is 16.5 Å². The number of anilines is 2. The Balaban J connectivity index is 2.60. The fourth-order valence-electron chi connectivity index (χ4n) is 2.74. The van der Waals surface area contributed by atoms with Crippen molar-refractivity contribution >= 4 is 27.8 Å². The van der Waals surface area contributed by atoms with Gasteiger partial charge in [0.2, 0.25) is 0 Å². The van der Waals surface area contributed by atoms with Crippen LogP contribution in [0.25, 0.3) is 0 Å². The lowest BCUT2D eigenvalue weighted by Crippen LogP contribution is -2.65. The topological polar surface area (TPSA) is 6.48 Å². The lowest BCUT2D eigenvalue weighted by Gasteiger charge is -2.52. The first-order chi connectivity index (χ1) is 10.2. The Bertz CT molecular complexity index is 530. The summed E-state index contributed by atoms with van der Waals surface area (Å²) in [6, 6.07) is 21.6. The van der Waals surface area contributed by atoms with E-state index in [0.29, 0.717) is 0 Å². The minimum atomic E-state index is -1.59. The van der Waals surface area contributed by atoms with Gasteiger partial charge in [-0.3, -0.25) is 0 Å². The second-order valence-corrected chi connectivity index (χ2v) is 17.2. The van der Waals surface area contributed by atoms with Crippen molar-refractivity contribution in [3.8, 4) is 0 Å². The molecule has 0 N–H and O–H groups in total. The van der Waals surface area contributed by atoms with Gasteiger partial charge in [0.25, 0.3) is 0 Å². The first kappa shape index (κ1) is 16.8. The number of rotatable bonds is 5. The number of nitrogens with zero attached hydrogens (tertiary/aromatic N) is 2. The molecule has 0 amide bonds. The van der Waals surface area contributed by atoms with Crippen LogP contribution in [0.4, 0.5) is 11.4 Å². The van der Waals surface area contributed by atoms with Gasteiger partial charge in [0, 0.05) is 11.4 Å². The SMILES string of the molecule is C[Si](C)(C)N(c1ccccc1)N(c1ccccc1)[Si](C)(C)C. The van der Waals surface area contributed by atoms with E-state index in [2.05, 4.69) is 109 Å². The molecule has 0 aromatic heterocycles. The summed E-state index contributed by atoms with van der Waals surface area (Å²) in [7, 11) is -3.18. The van der Waals surface area contributed by atoms with Crippen molar-refractivity contribution in [1.82, 2.24) is 0 Å². The summed E-state index contributed by atoms with van der Waals surface area (Å²) in [4.78, 5) is 0. The molecule has 22 heavy (non-hydrogen) atoms. The van der Waals surface area contributed by atoms with Crippen molar-refractivity contribution in [3.63, 3.8) is 0 Å². The number of hydrogen-bond acceptors (Lipinski definition) is 2. The number of hydrazine groups is 1. The van der Waals surface area contributed by atoms with Crippen LogP contribution in [0.1, 0.15) is 0 Å². The van der Waals surface area contributed by atoms with Gasteiger partial charge in [-0.15, -0.1) is 0 Å². The average Bonchev–Trinajstić information content (AvgIpc) is 2.44. The van der Waals surface area contributed by atoms with Crippen molar-refractivity contribution in [3.05, 3.63) is 60.7 Å². The molecule has 0 atom stereocenters. The lowest BCUT2D eigenvalue weighted by molar-refractivity contribution is 1.04. The Morgan fingerprint density at radius 1 is 0.500 bits per heavy atom. The highest BCUT2D eigenvalue weighted by molar-refractivity contribution is 6.86. The third-order valence-corrected chi connectivity index (χ3v) is 7.13. The monoisotopic (exact) mass is 328 g/mol. The van der Waals surface area contributed by atoms with Gasteiger partial charge in [0.1, 0.15) is 0 Å². The second-order valence-electron chi connectivity index (χ2n) is 7.64. The Labute approximate surface area is 137 Å². The molecule has 0 radical (unpaired) electrons. The van der Waals surface area contributed by atoms with Gasteiger partial charge >= 0.3 is 0 Å². The summed E-state index contributed by atoms with van der Waals surface area (Å²) < 4.78 is 5.18. The van der Waals surface area contributed by atoms with E-state index in [1.807, 2.05) is 0 Å². The molecule has 2 aromatic carbocycles. The molecule has 0 spiro atoms. The summed E-state index contributed by atoms with van der Waals surface area (Å²) >= 11 is 0. The molecule has 0 aliphatic rings. The Hall–Kier alpha value is -1.53. The molecule has 0 aliphatic heterocycles. The van der Waals surface area contributed by atoms with Crippen LogP contribution in [-0.2, 0) is 0 Å². The second kappa shape index (κ2) is 6.30. The predicted octanol–water partition coefficient (Wildman–Crippen LogP) is 5.58. The van der Waals surface area contributed by atoms with Crippen LogP contribution < -0.4 is 9.35 Å². The van der Waals surface area contributed by atoms with E-state index in [0.717, 1.165) is 0 Å². The molecule has 4 heteroatoms. The fourth-order valence-corrected chi connectivity index (χ4v) is 7.82. The molecule has 0 saturated heterocycles. The van der Waals surface area contributed by atoms with Crippen molar-refractivity contribution < 1.29 is 0 Å². The first-order valence-electron chi connectivity index (χ1n) is 7.92. The van der Waals surface area contributed by atoms with Crippen molar-refractivity contribution in [2.45, 2.75) is 39.3 Å². The molecule has 0 unspecified atom stereocenters. The summed E-state index contributed by atoms with van der Waals surface area (Å²) in [5.41, 5.74) is 2.60. The maximum Gasteiger partial charge on any atom is 0.173 e. The van der Waals surface area contributed by atoms with Crippen LogP contribution >= 0.6 is 0 Å². The Morgan fingerprint density at radius 3 is 1.00 bits per heavy atom. The normalized spacial score (nSPS) is 12.1. The van der Waals surface area contributed by atoms with E-state index in [1.165, 1.54) is 11.4 Å². The van der Waals surface area contributed by atoms with Crippen LogP contribution in [-0.4, -0.2) is 16.5 Å². The maximum absolute atomic E-state index is 2.59. The van der Waals surface area contributed by atoms with Crippen LogP contribution in [0.5, 0.6) is 0 Å². The van der Waals surface area contributed by atoms with E-state index in [9.17, 15) is 0 Å². The zero-order chi connectivity index (χ0) is 16.4. The van der Waals surface area contributed by atoms with Gasteiger partial charge in [-0.25, -0.2) is 0 Å². The quantitative estimate of drug-likeness (QED) is 0.522. The van der Waals surface area contributed by atoms with Crippen molar-refractivity contribution in [1.29, 1.82) is 0 Å². The van der Waals surface area contributed by atoms with Gasteiger partial charge in [-0.2, -0.15) is 0 Å². The molecule has 2 nitrogen and oxygen atoms in total. The standard InChI is InChI=1S/C18H28N2Si2/c1-21(2,3)19(17-13-9-7-10-14-17)20(22(4,5)6)18-15-11-8-12-16-18/h7-16H,1-6H3. The summed E-state index contributed by atoms with van der Waals surface area (Å²) in [6.45, 7) is 14.5. The smallest absolute Gasteiger partial charge is 0.173 e. The third-order valence-electron chi connectivity index (χ3n) is 3.47. The van der Waals surface area contributed by atoms with E-state index >= 15 is 0 Å². The fraction of sp³-hybridized carbons (Fsp3) is 0.333. The van der Waals surface area contributed by atoms with Gasteiger partial charge in [-0.05, 0) is 63.5 Å². The molecular formula is C18H28N2Si2. The highest BCUT2D eigenvalue weighted by atomic mass is 28.3. The molecule has 0 saturated carbocycles. The first-order valence-corrected chi connectivity index (χ1v) is 14.8. The van der Waals surface area contributed by atoms with E-state index in [1.54, 1.807) is 0 Å². The minimum Gasteiger partial charge on any atom is -0.322 e. The van der Waals surface area contributed by atoms with Crippen LogP contribution in [0.3, 0.4) is 0 Å². The molecule has 2 rings (SSSR count). The molecule has 0 aliphatic carbocycles. The molecule has 2 aromatic rings. The van der Waals surface area contributed by atoms with Crippen molar-refractivity contribution in [2.75, 3.05) is 9.35 Å². The van der Waals surface area contributed by atoms with Gasteiger partial charge < -0.3 is 9.35 Å².